The third kappa shape index (κ3) is 5.35. The van der Waals surface area contributed by atoms with E-state index >= 15 is 0 Å². The van der Waals surface area contributed by atoms with Gasteiger partial charge in [0.05, 0.1) is 29.9 Å². The Morgan fingerprint density at radius 3 is 2.63 bits per heavy atom. The van der Waals surface area contributed by atoms with Gasteiger partial charge in [0.15, 0.2) is 5.13 Å². The minimum absolute atomic E-state index is 0. The average Bonchev–Trinajstić information content (AvgIpc) is 3.16. The molecule has 3 aromatic rings. The molecule has 1 fully saturated rings. The van der Waals surface area contributed by atoms with Gasteiger partial charge >= 0.3 is 0 Å². The van der Waals surface area contributed by atoms with Gasteiger partial charge in [-0.05, 0) is 36.2 Å². The van der Waals surface area contributed by atoms with Crippen molar-refractivity contribution < 1.29 is 13.9 Å². The van der Waals surface area contributed by atoms with Crippen molar-refractivity contribution in [1.29, 1.82) is 0 Å². The number of aromatic nitrogens is 1. The van der Waals surface area contributed by atoms with Crippen LogP contribution in [0.4, 0.5) is 9.52 Å². The van der Waals surface area contributed by atoms with E-state index in [0.29, 0.717) is 6.54 Å². The molecule has 1 amide bonds. The van der Waals surface area contributed by atoms with Crippen LogP contribution in [-0.2, 0) is 16.0 Å². The van der Waals surface area contributed by atoms with Gasteiger partial charge in [-0.2, -0.15) is 0 Å². The third-order valence-electron chi connectivity index (χ3n) is 5.15. The summed E-state index contributed by atoms with van der Waals surface area (Å²) in [5, 5.41) is 0.717. The number of fused-ring (bicyclic) bond motifs is 1. The SMILES string of the molecule is Cc1cccc2sc(N(CCN3CCOCC3)C(=O)Cc3ccc(F)cc3)nc12.Cl. The summed E-state index contributed by atoms with van der Waals surface area (Å²) in [5.74, 6) is -0.325. The number of benzene rings is 2. The van der Waals surface area contributed by atoms with Crippen LogP contribution in [0.3, 0.4) is 0 Å². The Labute approximate surface area is 185 Å². The molecule has 0 bridgehead atoms. The summed E-state index contributed by atoms with van der Waals surface area (Å²) in [6, 6.07) is 12.2. The van der Waals surface area contributed by atoms with Crippen LogP contribution < -0.4 is 4.90 Å². The molecule has 5 nitrogen and oxygen atoms in total. The van der Waals surface area contributed by atoms with Gasteiger partial charge < -0.3 is 4.74 Å². The Kier molecular flexibility index (Phi) is 7.77. The zero-order valence-corrected chi connectivity index (χ0v) is 18.5. The molecule has 30 heavy (non-hydrogen) atoms. The Morgan fingerprint density at radius 1 is 1.20 bits per heavy atom. The molecule has 1 aromatic heterocycles. The van der Waals surface area contributed by atoms with E-state index < -0.39 is 0 Å². The van der Waals surface area contributed by atoms with Crippen molar-refractivity contribution in [3.8, 4) is 0 Å². The number of anilines is 1. The smallest absolute Gasteiger partial charge is 0.233 e. The Morgan fingerprint density at radius 2 is 1.93 bits per heavy atom. The third-order valence-corrected chi connectivity index (χ3v) is 6.20. The summed E-state index contributed by atoms with van der Waals surface area (Å²) in [4.78, 5) is 22.0. The summed E-state index contributed by atoms with van der Waals surface area (Å²) in [6.07, 6.45) is 0.221. The molecule has 0 spiro atoms. The number of thiazole rings is 1. The molecule has 2 aromatic carbocycles. The van der Waals surface area contributed by atoms with E-state index in [-0.39, 0.29) is 30.6 Å². The first-order chi connectivity index (χ1) is 14.1. The molecular weight excluding hydrogens is 425 g/mol. The van der Waals surface area contributed by atoms with Crippen molar-refractivity contribution in [2.45, 2.75) is 13.3 Å². The lowest BCUT2D eigenvalue weighted by atomic mass is 10.1. The maximum Gasteiger partial charge on any atom is 0.233 e. The van der Waals surface area contributed by atoms with Crippen LogP contribution in [-0.4, -0.2) is 55.2 Å². The maximum atomic E-state index is 13.2. The number of aryl methyl sites for hydroxylation is 1. The van der Waals surface area contributed by atoms with Crippen molar-refractivity contribution in [2.75, 3.05) is 44.3 Å². The van der Waals surface area contributed by atoms with Crippen LogP contribution in [0.1, 0.15) is 11.1 Å². The largest absolute Gasteiger partial charge is 0.379 e. The molecule has 1 saturated heterocycles. The topological polar surface area (TPSA) is 45.7 Å². The Bertz CT molecular complexity index is 990. The van der Waals surface area contributed by atoms with Gasteiger partial charge in [0.25, 0.3) is 0 Å². The molecule has 0 radical (unpaired) electrons. The number of carbonyl (C=O) groups is 1. The van der Waals surface area contributed by atoms with Crippen LogP contribution in [0.15, 0.2) is 42.5 Å². The molecule has 160 valence electrons. The van der Waals surface area contributed by atoms with Crippen molar-refractivity contribution in [3.05, 3.63) is 59.4 Å². The predicted molar refractivity (Wildman–Crippen MR) is 121 cm³/mol. The van der Waals surface area contributed by atoms with Gasteiger partial charge in [-0.1, -0.05) is 35.6 Å². The molecule has 0 saturated carbocycles. The number of hydrogen-bond acceptors (Lipinski definition) is 5. The molecular formula is C22H25ClFN3O2S. The van der Waals surface area contributed by atoms with E-state index in [1.807, 2.05) is 25.1 Å². The van der Waals surface area contributed by atoms with E-state index in [2.05, 4.69) is 4.90 Å². The predicted octanol–water partition coefficient (Wildman–Crippen LogP) is 4.07. The normalized spacial score (nSPS) is 14.5. The van der Waals surface area contributed by atoms with Gasteiger partial charge in [-0.3, -0.25) is 14.6 Å². The van der Waals surface area contributed by atoms with Crippen LogP contribution in [0.2, 0.25) is 0 Å². The summed E-state index contributed by atoms with van der Waals surface area (Å²) in [5.41, 5.74) is 2.84. The summed E-state index contributed by atoms with van der Waals surface area (Å²) in [7, 11) is 0. The second-order valence-corrected chi connectivity index (χ2v) is 8.23. The molecule has 8 heteroatoms. The molecule has 1 aliphatic rings. The monoisotopic (exact) mass is 449 g/mol. The second kappa shape index (κ2) is 10.3. The Balaban J connectivity index is 0.00000256. The highest BCUT2D eigenvalue weighted by Gasteiger charge is 2.22. The lowest BCUT2D eigenvalue weighted by molar-refractivity contribution is -0.118. The van der Waals surface area contributed by atoms with Gasteiger partial charge in [-0.25, -0.2) is 9.37 Å². The fraction of sp³-hybridized carbons (Fsp3) is 0.364. The molecule has 0 N–H and O–H groups in total. The minimum atomic E-state index is -0.299. The van der Waals surface area contributed by atoms with Gasteiger partial charge in [0.1, 0.15) is 5.82 Å². The summed E-state index contributed by atoms with van der Waals surface area (Å²) < 4.78 is 19.7. The average molecular weight is 450 g/mol. The summed E-state index contributed by atoms with van der Waals surface area (Å²) in [6.45, 7) is 6.57. The molecule has 0 aliphatic carbocycles. The van der Waals surface area contributed by atoms with Gasteiger partial charge in [0.2, 0.25) is 5.91 Å². The van der Waals surface area contributed by atoms with Crippen LogP contribution >= 0.6 is 23.7 Å². The minimum Gasteiger partial charge on any atom is -0.379 e. The van der Waals surface area contributed by atoms with E-state index in [0.717, 1.165) is 59.3 Å². The summed E-state index contributed by atoms with van der Waals surface area (Å²) >= 11 is 1.54. The van der Waals surface area contributed by atoms with Crippen molar-refractivity contribution in [3.63, 3.8) is 0 Å². The van der Waals surface area contributed by atoms with E-state index in [1.54, 1.807) is 17.0 Å². The van der Waals surface area contributed by atoms with Crippen molar-refractivity contribution in [2.24, 2.45) is 0 Å². The van der Waals surface area contributed by atoms with Crippen LogP contribution in [0.5, 0.6) is 0 Å². The fourth-order valence-electron chi connectivity index (χ4n) is 3.46. The highest BCUT2D eigenvalue weighted by atomic mass is 35.5. The van der Waals surface area contributed by atoms with E-state index in [9.17, 15) is 9.18 Å². The number of morpholine rings is 1. The maximum absolute atomic E-state index is 13.2. The fourth-order valence-corrected chi connectivity index (χ4v) is 4.54. The number of ether oxygens (including phenoxy) is 1. The van der Waals surface area contributed by atoms with E-state index in [1.165, 1.54) is 23.5 Å². The van der Waals surface area contributed by atoms with Crippen LogP contribution in [0.25, 0.3) is 10.2 Å². The van der Waals surface area contributed by atoms with Crippen molar-refractivity contribution in [1.82, 2.24) is 9.88 Å². The number of hydrogen-bond donors (Lipinski definition) is 0. The molecule has 1 aliphatic heterocycles. The second-order valence-electron chi connectivity index (χ2n) is 7.22. The molecule has 4 rings (SSSR count). The van der Waals surface area contributed by atoms with E-state index in [4.69, 9.17) is 9.72 Å². The van der Waals surface area contributed by atoms with Gasteiger partial charge in [-0.15, -0.1) is 12.4 Å². The molecule has 2 heterocycles. The lowest BCUT2D eigenvalue weighted by Gasteiger charge is -2.29. The van der Waals surface area contributed by atoms with Gasteiger partial charge in [0, 0.05) is 26.2 Å². The highest BCUT2D eigenvalue weighted by Crippen LogP contribution is 2.31. The number of halogens is 2. The standard InChI is InChI=1S/C22H24FN3O2S.ClH/c1-16-3-2-4-19-21(16)24-22(29-19)26(10-9-25-11-13-28-14-12-25)20(27)15-17-5-7-18(23)8-6-17;/h2-8H,9-15H2,1H3;1H. The number of rotatable bonds is 6. The first-order valence-corrected chi connectivity index (χ1v) is 10.6. The van der Waals surface area contributed by atoms with Crippen LogP contribution in [0, 0.1) is 12.7 Å². The number of para-hydroxylation sites is 1. The Hall–Kier alpha value is -2.06. The molecule has 0 atom stereocenters. The number of carbonyl (C=O) groups excluding carboxylic acids is 1. The first kappa shape index (κ1) is 22.6. The molecule has 0 unspecified atom stereocenters. The number of nitrogens with zero attached hydrogens (tertiary/aromatic N) is 3. The first-order valence-electron chi connectivity index (χ1n) is 9.81. The zero-order valence-electron chi connectivity index (χ0n) is 16.8. The number of amides is 1. The van der Waals surface area contributed by atoms with Crippen molar-refractivity contribution >= 4 is 45.0 Å². The quantitative estimate of drug-likeness (QED) is 0.569. The lowest BCUT2D eigenvalue weighted by Crippen LogP contribution is -2.43. The zero-order chi connectivity index (χ0) is 20.2. The highest BCUT2D eigenvalue weighted by molar-refractivity contribution is 7.22.